The molecule has 1 aromatic carbocycles. The van der Waals surface area contributed by atoms with Crippen molar-refractivity contribution in [3.63, 3.8) is 0 Å². The van der Waals surface area contributed by atoms with Crippen molar-refractivity contribution in [3.05, 3.63) is 34.5 Å². The maximum absolute atomic E-state index is 13.9. The first-order chi connectivity index (χ1) is 9.95. The Kier molecular flexibility index (Phi) is 4.80. The molecule has 120 valence electrons. The number of aryl methyl sites for hydroxylation is 1. The van der Waals surface area contributed by atoms with Crippen LogP contribution < -0.4 is 5.73 Å². The van der Waals surface area contributed by atoms with Crippen LogP contribution in [0.1, 0.15) is 28.6 Å². The molecular formula is C16H20ClFN2OS. The van der Waals surface area contributed by atoms with Crippen LogP contribution >= 0.6 is 23.7 Å². The minimum atomic E-state index is -0.256. The average Bonchev–Trinajstić information content (AvgIpc) is 3.01. The first kappa shape index (κ1) is 17.2. The van der Waals surface area contributed by atoms with Crippen molar-refractivity contribution in [3.8, 4) is 0 Å². The molecule has 6 heteroatoms. The molecule has 1 unspecified atom stereocenters. The molecule has 3 rings (SSSR count). The molecule has 0 radical (unpaired) electrons. The van der Waals surface area contributed by atoms with Gasteiger partial charge in [0.05, 0.1) is 4.88 Å². The number of fused-ring (bicyclic) bond motifs is 1. The second-order valence-electron chi connectivity index (χ2n) is 6.16. The lowest BCUT2D eigenvalue weighted by Crippen LogP contribution is -2.34. The number of halogens is 2. The van der Waals surface area contributed by atoms with Gasteiger partial charge in [-0.3, -0.25) is 4.79 Å². The van der Waals surface area contributed by atoms with Gasteiger partial charge in [-0.15, -0.1) is 23.7 Å². The van der Waals surface area contributed by atoms with E-state index in [1.807, 2.05) is 17.9 Å². The molecule has 1 aromatic heterocycles. The molecule has 0 aliphatic carbocycles. The third-order valence-corrected chi connectivity index (χ3v) is 5.68. The Balaban J connectivity index is 0.00000176. The molecule has 0 spiro atoms. The summed E-state index contributed by atoms with van der Waals surface area (Å²) < 4.78 is 14.8. The molecule has 22 heavy (non-hydrogen) atoms. The highest BCUT2D eigenvalue weighted by Gasteiger charge is 2.36. The third kappa shape index (κ3) is 2.73. The molecule has 2 N–H and O–H groups in total. The zero-order valence-electron chi connectivity index (χ0n) is 12.7. The Morgan fingerprint density at radius 2 is 2.23 bits per heavy atom. The van der Waals surface area contributed by atoms with Crippen molar-refractivity contribution in [1.82, 2.24) is 4.90 Å². The van der Waals surface area contributed by atoms with Crippen LogP contribution in [0.2, 0.25) is 0 Å². The van der Waals surface area contributed by atoms with Gasteiger partial charge in [0.2, 0.25) is 0 Å². The van der Waals surface area contributed by atoms with Gasteiger partial charge in [0.25, 0.3) is 5.91 Å². The zero-order valence-corrected chi connectivity index (χ0v) is 14.3. The van der Waals surface area contributed by atoms with Gasteiger partial charge in [0, 0.05) is 23.2 Å². The van der Waals surface area contributed by atoms with Crippen LogP contribution in [0.4, 0.5) is 4.39 Å². The molecule has 1 aliphatic rings. The number of nitrogens with two attached hydrogens (primary N) is 1. The predicted octanol–water partition coefficient (Wildman–Crippen LogP) is 3.58. The number of hydrogen-bond acceptors (Lipinski definition) is 3. The van der Waals surface area contributed by atoms with Crippen LogP contribution in [0.15, 0.2) is 18.2 Å². The molecule has 1 aliphatic heterocycles. The largest absolute Gasteiger partial charge is 0.337 e. The van der Waals surface area contributed by atoms with E-state index in [1.165, 1.54) is 17.4 Å². The second-order valence-corrected chi connectivity index (χ2v) is 7.21. The highest BCUT2D eigenvalue weighted by atomic mass is 35.5. The summed E-state index contributed by atoms with van der Waals surface area (Å²) in [6, 6.07) is 4.99. The Hall–Kier alpha value is -1.17. The van der Waals surface area contributed by atoms with Crippen molar-refractivity contribution in [2.75, 3.05) is 19.6 Å². The summed E-state index contributed by atoms with van der Waals surface area (Å²) in [5, 5.41) is 0.576. The molecule has 1 atom stereocenters. The Labute approximate surface area is 139 Å². The zero-order chi connectivity index (χ0) is 15.2. The fourth-order valence-electron chi connectivity index (χ4n) is 2.96. The fraction of sp³-hybridized carbons (Fsp3) is 0.438. The first-order valence-electron chi connectivity index (χ1n) is 7.12. The summed E-state index contributed by atoms with van der Waals surface area (Å²) in [6.45, 7) is 5.92. The van der Waals surface area contributed by atoms with Gasteiger partial charge >= 0.3 is 0 Å². The van der Waals surface area contributed by atoms with Crippen molar-refractivity contribution in [2.24, 2.45) is 11.1 Å². The van der Waals surface area contributed by atoms with E-state index in [1.54, 1.807) is 6.07 Å². The molecule has 2 heterocycles. The number of thiophene rings is 1. The van der Waals surface area contributed by atoms with Crippen molar-refractivity contribution in [1.29, 1.82) is 0 Å². The summed E-state index contributed by atoms with van der Waals surface area (Å²) >= 11 is 1.38. The Morgan fingerprint density at radius 1 is 1.50 bits per heavy atom. The van der Waals surface area contributed by atoms with Crippen LogP contribution in [-0.2, 0) is 0 Å². The van der Waals surface area contributed by atoms with Gasteiger partial charge in [0.15, 0.2) is 0 Å². The molecule has 3 nitrogen and oxygen atoms in total. The van der Waals surface area contributed by atoms with Gasteiger partial charge in [-0.25, -0.2) is 4.39 Å². The Morgan fingerprint density at radius 3 is 2.82 bits per heavy atom. The maximum atomic E-state index is 13.9. The summed E-state index contributed by atoms with van der Waals surface area (Å²) in [5.74, 6) is -0.251. The summed E-state index contributed by atoms with van der Waals surface area (Å²) in [4.78, 5) is 15.2. The van der Waals surface area contributed by atoms with Gasteiger partial charge in [0.1, 0.15) is 5.82 Å². The van der Waals surface area contributed by atoms with Crippen LogP contribution in [0, 0.1) is 18.2 Å². The number of rotatable bonds is 2. The van der Waals surface area contributed by atoms with Crippen LogP contribution in [0.25, 0.3) is 10.1 Å². The lowest BCUT2D eigenvalue weighted by Gasteiger charge is -2.22. The number of hydrogen-bond donors (Lipinski definition) is 1. The van der Waals surface area contributed by atoms with E-state index in [4.69, 9.17) is 5.73 Å². The predicted molar refractivity (Wildman–Crippen MR) is 91.4 cm³/mol. The molecule has 1 saturated heterocycles. The number of amides is 1. The minimum absolute atomic E-state index is 0. The highest BCUT2D eigenvalue weighted by Crippen LogP contribution is 2.35. The van der Waals surface area contributed by atoms with E-state index in [9.17, 15) is 9.18 Å². The smallest absolute Gasteiger partial charge is 0.264 e. The van der Waals surface area contributed by atoms with E-state index in [0.29, 0.717) is 23.4 Å². The van der Waals surface area contributed by atoms with Crippen molar-refractivity contribution in [2.45, 2.75) is 20.3 Å². The fourth-order valence-corrected chi connectivity index (χ4v) is 4.16. The monoisotopic (exact) mass is 342 g/mol. The number of nitrogens with zero attached hydrogens (tertiary/aromatic N) is 1. The SMILES string of the molecule is Cc1c(C(=O)N2CCC(C)(CN)C2)sc2cccc(F)c12.Cl. The van der Waals surface area contributed by atoms with Crippen molar-refractivity contribution < 1.29 is 9.18 Å². The molecule has 0 saturated carbocycles. The second kappa shape index (κ2) is 6.14. The first-order valence-corrected chi connectivity index (χ1v) is 7.94. The Bertz CT molecular complexity index is 717. The van der Waals surface area contributed by atoms with Crippen LogP contribution in [0.3, 0.4) is 0 Å². The molecule has 2 aromatic rings. The summed E-state index contributed by atoms with van der Waals surface area (Å²) in [7, 11) is 0. The number of carbonyl (C=O) groups excluding carboxylic acids is 1. The number of benzene rings is 1. The van der Waals surface area contributed by atoms with E-state index in [2.05, 4.69) is 6.92 Å². The summed E-state index contributed by atoms with van der Waals surface area (Å²) in [6.07, 6.45) is 0.924. The maximum Gasteiger partial charge on any atom is 0.264 e. The average molecular weight is 343 g/mol. The van der Waals surface area contributed by atoms with Crippen molar-refractivity contribution >= 4 is 39.7 Å². The third-order valence-electron chi connectivity index (χ3n) is 4.44. The molecule has 0 bridgehead atoms. The van der Waals surface area contributed by atoms with Gasteiger partial charge in [-0.05, 0) is 43.0 Å². The lowest BCUT2D eigenvalue weighted by atomic mass is 9.90. The highest BCUT2D eigenvalue weighted by molar-refractivity contribution is 7.21. The van der Waals surface area contributed by atoms with E-state index in [0.717, 1.165) is 23.2 Å². The summed E-state index contributed by atoms with van der Waals surface area (Å²) in [5.41, 5.74) is 6.55. The molecule has 1 fully saturated rings. The number of likely N-dealkylation sites (tertiary alicyclic amines) is 1. The van der Waals surface area contributed by atoms with E-state index >= 15 is 0 Å². The minimum Gasteiger partial charge on any atom is -0.337 e. The topological polar surface area (TPSA) is 46.3 Å². The van der Waals surface area contributed by atoms with E-state index < -0.39 is 0 Å². The lowest BCUT2D eigenvalue weighted by molar-refractivity contribution is 0.0781. The molecule has 1 amide bonds. The van der Waals surface area contributed by atoms with E-state index in [-0.39, 0.29) is 29.5 Å². The quantitative estimate of drug-likeness (QED) is 0.906. The van der Waals surface area contributed by atoms with Crippen LogP contribution in [0.5, 0.6) is 0 Å². The molecular weight excluding hydrogens is 323 g/mol. The van der Waals surface area contributed by atoms with Gasteiger partial charge in [-0.2, -0.15) is 0 Å². The van der Waals surface area contributed by atoms with Crippen LogP contribution in [-0.4, -0.2) is 30.4 Å². The number of carbonyl (C=O) groups is 1. The normalized spacial score (nSPS) is 21.2. The standard InChI is InChI=1S/C16H19FN2OS.ClH/c1-10-13-11(17)4-3-5-12(13)21-14(10)15(20)19-7-6-16(2,8-18)9-19;/h3-5H,6-9,18H2,1-2H3;1H. The van der Waals surface area contributed by atoms with Gasteiger partial charge in [-0.1, -0.05) is 13.0 Å². The van der Waals surface area contributed by atoms with Gasteiger partial charge < -0.3 is 10.6 Å².